The van der Waals surface area contributed by atoms with E-state index in [9.17, 15) is 9.18 Å². The number of benzene rings is 4. The number of halogens is 1. The summed E-state index contributed by atoms with van der Waals surface area (Å²) in [4.78, 5) is 13.3. The number of fused-ring (bicyclic) bond motifs is 7. The maximum absolute atomic E-state index is 13.6. The maximum atomic E-state index is 13.6. The van der Waals surface area contributed by atoms with E-state index in [2.05, 4.69) is 29.6 Å². The van der Waals surface area contributed by atoms with Crippen molar-refractivity contribution in [3.63, 3.8) is 0 Å². The largest absolute Gasteiger partial charge is 0.426 e. The Hall–Kier alpha value is -3.66. The molecule has 0 radical (unpaired) electrons. The summed E-state index contributed by atoms with van der Waals surface area (Å²) in [6.07, 6.45) is 0. The fourth-order valence-corrected chi connectivity index (χ4v) is 4.97. The molecule has 3 unspecified atom stereocenters. The molecule has 1 N–H and O–H groups in total. The van der Waals surface area contributed by atoms with Gasteiger partial charge in [0.1, 0.15) is 11.6 Å². The van der Waals surface area contributed by atoms with Gasteiger partial charge in [-0.2, -0.15) is 0 Å². The SMILES string of the molecule is O=C1Oc2ccccc2C2c3c(ccc4ccccc34)NC(c3ccc(F)cc3)C12. The lowest BCUT2D eigenvalue weighted by Crippen LogP contribution is -2.42. The van der Waals surface area contributed by atoms with Crippen LogP contribution in [0.2, 0.25) is 0 Å². The van der Waals surface area contributed by atoms with Gasteiger partial charge < -0.3 is 10.1 Å². The van der Waals surface area contributed by atoms with Gasteiger partial charge in [0, 0.05) is 17.2 Å². The standard InChI is InChI=1S/C26H18FNO2/c27-17-12-9-16(10-13-17)25-24-23(19-7-3-4-8-21(19)30-26(24)29)22-18-6-2-1-5-15(18)11-14-20(22)28-25/h1-14,23-25,28H. The van der Waals surface area contributed by atoms with Crippen LogP contribution in [0.15, 0.2) is 84.9 Å². The Morgan fingerprint density at radius 2 is 1.60 bits per heavy atom. The molecule has 0 aromatic heterocycles. The summed E-state index contributed by atoms with van der Waals surface area (Å²) in [5.41, 5.74) is 3.98. The molecule has 2 aliphatic rings. The van der Waals surface area contributed by atoms with Crippen molar-refractivity contribution in [3.05, 3.63) is 107 Å². The molecule has 0 fully saturated rings. The molecule has 146 valence electrons. The fourth-order valence-electron chi connectivity index (χ4n) is 4.97. The van der Waals surface area contributed by atoms with Crippen LogP contribution in [0.4, 0.5) is 10.1 Å². The monoisotopic (exact) mass is 395 g/mol. The molecule has 3 nitrogen and oxygen atoms in total. The summed E-state index contributed by atoms with van der Waals surface area (Å²) >= 11 is 0. The molecule has 4 heteroatoms. The molecule has 4 aromatic rings. The number of anilines is 1. The van der Waals surface area contributed by atoms with Gasteiger partial charge in [-0.25, -0.2) is 4.39 Å². The van der Waals surface area contributed by atoms with Crippen molar-refractivity contribution in [2.45, 2.75) is 12.0 Å². The Bertz CT molecular complexity index is 1300. The van der Waals surface area contributed by atoms with Crippen LogP contribution in [0.5, 0.6) is 5.75 Å². The Morgan fingerprint density at radius 1 is 0.833 bits per heavy atom. The van der Waals surface area contributed by atoms with Crippen molar-refractivity contribution in [1.82, 2.24) is 0 Å². The second-order valence-corrected chi connectivity index (χ2v) is 7.88. The van der Waals surface area contributed by atoms with Crippen molar-refractivity contribution < 1.29 is 13.9 Å². The molecule has 30 heavy (non-hydrogen) atoms. The number of nitrogens with one attached hydrogen (secondary N) is 1. The normalized spacial score (nSPS) is 21.8. The average Bonchev–Trinajstić information content (AvgIpc) is 2.78. The molecule has 6 rings (SSSR count). The van der Waals surface area contributed by atoms with E-state index in [1.807, 2.05) is 36.4 Å². The average molecular weight is 395 g/mol. The highest BCUT2D eigenvalue weighted by molar-refractivity contribution is 5.95. The quantitative estimate of drug-likeness (QED) is 0.326. The van der Waals surface area contributed by atoms with Crippen LogP contribution in [0, 0.1) is 11.7 Å². The van der Waals surface area contributed by atoms with Crippen molar-refractivity contribution in [3.8, 4) is 5.75 Å². The lowest BCUT2D eigenvalue weighted by atomic mass is 9.69. The minimum atomic E-state index is -0.455. The Kier molecular flexibility index (Phi) is 3.69. The number of ether oxygens (including phenoxy) is 1. The first-order chi connectivity index (χ1) is 14.7. The van der Waals surface area contributed by atoms with Crippen LogP contribution in [-0.4, -0.2) is 5.97 Å². The summed E-state index contributed by atoms with van der Waals surface area (Å²) in [7, 11) is 0. The third-order valence-electron chi connectivity index (χ3n) is 6.28. The molecule has 2 aliphatic heterocycles. The molecular weight excluding hydrogens is 377 g/mol. The zero-order chi connectivity index (χ0) is 20.2. The number of esters is 1. The van der Waals surface area contributed by atoms with Gasteiger partial charge in [-0.05, 0) is 46.2 Å². The predicted molar refractivity (Wildman–Crippen MR) is 114 cm³/mol. The van der Waals surface area contributed by atoms with Gasteiger partial charge in [0.25, 0.3) is 0 Å². The lowest BCUT2D eigenvalue weighted by molar-refractivity contribution is -0.141. The molecule has 0 bridgehead atoms. The van der Waals surface area contributed by atoms with E-state index in [1.54, 1.807) is 12.1 Å². The second kappa shape index (κ2) is 6.42. The van der Waals surface area contributed by atoms with E-state index in [0.717, 1.165) is 33.2 Å². The van der Waals surface area contributed by atoms with E-state index < -0.39 is 5.92 Å². The number of rotatable bonds is 1. The molecule has 0 saturated carbocycles. The third kappa shape index (κ3) is 2.47. The number of hydrogen-bond acceptors (Lipinski definition) is 3. The van der Waals surface area contributed by atoms with Crippen LogP contribution in [0.25, 0.3) is 10.8 Å². The molecule has 0 spiro atoms. The smallest absolute Gasteiger partial charge is 0.317 e. The number of carbonyl (C=O) groups excluding carboxylic acids is 1. The summed E-state index contributed by atoms with van der Waals surface area (Å²) in [6.45, 7) is 0. The lowest BCUT2D eigenvalue weighted by Gasteiger charge is -2.43. The molecule has 3 atom stereocenters. The van der Waals surface area contributed by atoms with E-state index in [-0.39, 0.29) is 23.7 Å². The zero-order valence-corrected chi connectivity index (χ0v) is 16.0. The summed E-state index contributed by atoms with van der Waals surface area (Å²) in [5, 5.41) is 5.82. The minimum absolute atomic E-state index is 0.153. The topological polar surface area (TPSA) is 38.3 Å². The first-order valence-electron chi connectivity index (χ1n) is 10.0. The molecule has 0 saturated heterocycles. The van der Waals surface area contributed by atoms with Gasteiger partial charge in [-0.3, -0.25) is 4.79 Å². The Labute approximate surface area is 173 Å². The highest BCUT2D eigenvalue weighted by atomic mass is 19.1. The summed E-state index contributed by atoms with van der Waals surface area (Å²) in [5.74, 6) is -0.556. The van der Waals surface area contributed by atoms with Crippen LogP contribution in [-0.2, 0) is 4.79 Å². The third-order valence-corrected chi connectivity index (χ3v) is 6.28. The van der Waals surface area contributed by atoms with E-state index in [0.29, 0.717) is 5.75 Å². The zero-order valence-electron chi connectivity index (χ0n) is 16.0. The molecule has 0 amide bonds. The highest BCUT2D eigenvalue weighted by Crippen LogP contribution is 2.54. The van der Waals surface area contributed by atoms with Gasteiger partial charge in [-0.15, -0.1) is 0 Å². The van der Waals surface area contributed by atoms with Gasteiger partial charge >= 0.3 is 5.97 Å². The van der Waals surface area contributed by atoms with Gasteiger partial charge in [-0.1, -0.05) is 60.7 Å². The maximum Gasteiger partial charge on any atom is 0.317 e. The van der Waals surface area contributed by atoms with E-state index >= 15 is 0 Å². The highest BCUT2D eigenvalue weighted by Gasteiger charge is 2.48. The van der Waals surface area contributed by atoms with Crippen LogP contribution in [0.1, 0.15) is 28.7 Å². The molecule has 4 aromatic carbocycles. The number of hydrogen-bond donors (Lipinski definition) is 1. The van der Waals surface area contributed by atoms with E-state index in [1.165, 1.54) is 12.1 Å². The Balaban J connectivity index is 1.64. The van der Waals surface area contributed by atoms with Crippen molar-refractivity contribution in [2.75, 3.05) is 5.32 Å². The number of para-hydroxylation sites is 1. The van der Waals surface area contributed by atoms with Gasteiger partial charge in [0.15, 0.2) is 0 Å². The fraction of sp³-hybridized carbons (Fsp3) is 0.115. The van der Waals surface area contributed by atoms with Crippen LogP contribution in [0.3, 0.4) is 0 Å². The predicted octanol–water partition coefficient (Wildman–Crippen LogP) is 5.81. The summed E-state index contributed by atoms with van der Waals surface area (Å²) in [6, 6.07) is 26.2. The van der Waals surface area contributed by atoms with E-state index in [4.69, 9.17) is 4.74 Å². The van der Waals surface area contributed by atoms with Crippen LogP contribution < -0.4 is 10.1 Å². The van der Waals surface area contributed by atoms with Gasteiger partial charge in [0.05, 0.1) is 12.0 Å². The van der Waals surface area contributed by atoms with Crippen LogP contribution >= 0.6 is 0 Å². The minimum Gasteiger partial charge on any atom is -0.426 e. The molecule has 2 heterocycles. The summed E-state index contributed by atoms with van der Waals surface area (Å²) < 4.78 is 19.3. The first kappa shape index (κ1) is 17.2. The Morgan fingerprint density at radius 3 is 2.47 bits per heavy atom. The second-order valence-electron chi connectivity index (χ2n) is 7.88. The van der Waals surface area contributed by atoms with Gasteiger partial charge in [0.2, 0.25) is 0 Å². The number of carbonyl (C=O) groups is 1. The van der Waals surface area contributed by atoms with Crippen molar-refractivity contribution in [1.29, 1.82) is 0 Å². The first-order valence-corrected chi connectivity index (χ1v) is 10.0. The van der Waals surface area contributed by atoms with Crippen molar-refractivity contribution >= 4 is 22.4 Å². The molecule has 0 aliphatic carbocycles. The molecular formula is C26H18FNO2. The van der Waals surface area contributed by atoms with Crippen molar-refractivity contribution in [2.24, 2.45) is 5.92 Å².